The van der Waals surface area contributed by atoms with Gasteiger partial charge in [-0.05, 0) is 29.8 Å². The van der Waals surface area contributed by atoms with Gasteiger partial charge in [0.15, 0.2) is 17.5 Å². The normalized spacial score (nSPS) is 19.6. The van der Waals surface area contributed by atoms with E-state index in [9.17, 15) is 18.0 Å². The van der Waals surface area contributed by atoms with Crippen molar-refractivity contribution in [2.45, 2.75) is 31.2 Å². The number of halogens is 3. The van der Waals surface area contributed by atoms with Crippen LogP contribution < -0.4 is 20.1 Å². The lowest BCUT2D eigenvalue weighted by molar-refractivity contribution is -0.173. The predicted octanol–water partition coefficient (Wildman–Crippen LogP) is 3.80. The van der Waals surface area contributed by atoms with Crippen molar-refractivity contribution in [1.82, 2.24) is 15.1 Å². The average Bonchev–Trinajstić information content (AvgIpc) is 3.50. The second kappa shape index (κ2) is 7.25. The highest BCUT2D eigenvalue weighted by molar-refractivity contribution is 5.98. The second-order valence-electron chi connectivity index (χ2n) is 7.22. The molecule has 2 aliphatic rings. The molecule has 11 heteroatoms. The molecule has 4 heterocycles. The van der Waals surface area contributed by atoms with Crippen LogP contribution >= 0.6 is 0 Å². The van der Waals surface area contributed by atoms with Crippen molar-refractivity contribution >= 4 is 11.7 Å². The number of hydrogen-bond acceptors (Lipinski definition) is 6. The number of nitrogens with zero attached hydrogens (tertiary/aromatic N) is 2. The Labute approximate surface area is 173 Å². The van der Waals surface area contributed by atoms with Crippen molar-refractivity contribution in [1.29, 1.82) is 0 Å². The van der Waals surface area contributed by atoms with Crippen LogP contribution in [0.4, 0.5) is 19.0 Å². The van der Waals surface area contributed by atoms with Gasteiger partial charge in [-0.15, -0.1) is 0 Å². The van der Waals surface area contributed by atoms with Gasteiger partial charge in [-0.25, -0.2) is 4.68 Å². The first-order chi connectivity index (χ1) is 14.9. The molecule has 31 heavy (non-hydrogen) atoms. The van der Waals surface area contributed by atoms with E-state index < -0.39 is 24.2 Å². The maximum absolute atomic E-state index is 13.8. The van der Waals surface area contributed by atoms with Crippen LogP contribution in [0.15, 0.2) is 47.2 Å². The van der Waals surface area contributed by atoms with E-state index in [0.29, 0.717) is 22.8 Å². The quantitative estimate of drug-likeness (QED) is 0.649. The third-order valence-electron chi connectivity index (χ3n) is 5.29. The van der Waals surface area contributed by atoms with E-state index in [1.165, 1.54) is 6.26 Å². The van der Waals surface area contributed by atoms with Crippen LogP contribution in [-0.4, -0.2) is 28.7 Å². The first kappa shape index (κ1) is 19.3. The number of furan rings is 1. The fourth-order valence-electron chi connectivity index (χ4n) is 3.75. The number of carbonyl (C=O) groups is 1. The van der Waals surface area contributed by atoms with Crippen LogP contribution in [0.5, 0.6) is 11.5 Å². The molecule has 0 saturated heterocycles. The minimum Gasteiger partial charge on any atom is -0.467 e. The van der Waals surface area contributed by atoms with Gasteiger partial charge >= 0.3 is 6.18 Å². The Balaban J connectivity index is 1.45. The molecule has 0 spiro atoms. The fraction of sp³-hybridized carbons (Fsp3) is 0.300. The van der Waals surface area contributed by atoms with Crippen LogP contribution in [0.1, 0.15) is 40.2 Å². The van der Waals surface area contributed by atoms with Crippen LogP contribution in [0, 0.1) is 0 Å². The Kier molecular flexibility index (Phi) is 4.53. The largest absolute Gasteiger partial charge is 0.467 e. The van der Waals surface area contributed by atoms with Crippen LogP contribution in [-0.2, 0) is 6.54 Å². The van der Waals surface area contributed by atoms with Gasteiger partial charge in [-0.3, -0.25) is 4.79 Å². The SMILES string of the molecule is O=C(NCc1ccco1)c1cnn2c1NC(c1ccc3c(c1)OCO3)CC2C(F)(F)F. The molecule has 0 bridgehead atoms. The highest BCUT2D eigenvalue weighted by Crippen LogP contribution is 2.45. The molecule has 0 fully saturated rings. The van der Waals surface area contributed by atoms with Crippen molar-refractivity contribution in [3.8, 4) is 11.5 Å². The first-order valence-electron chi connectivity index (χ1n) is 9.51. The Morgan fingerprint density at radius 2 is 2.10 bits per heavy atom. The number of benzene rings is 1. The van der Waals surface area contributed by atoms with Crippen molar-refractivity contribution in [2.24, 2.45) is 0 Å². The molecule has 0 saturated carbocycles. The summed E-state index contributed by atoms with van der Waals surface area (Å²) >= 11 is 0. The molecule has 1 amide bonds. The predicted molar refractivity (Wildman–Crippen MR) is 101 cm³/mol. The van der Waals surface area contributed by atoms with Gasteiger partial charge in [0, 0.05) is 6.42 Å². The number of nitrogens with one attached hydrogen (secondary N) is 2. The molecule has 2 aromatic heterocycles. The lowest BCUT2D eigenvalue weighted by atomic mass is 9.96. The minimum absolute atomic E-state index is 0.00758. The number of amides is 1. The van der Waals surface area contributed by atoms with Gasteiger partial charge < -0.3 is 24.5 Å². The lowest BCUT2D eigenvalue weighted by Gasteiger charge is -2.34. The summed E-state index contributed by atoms with van der Waals surface area (Å²) in [6, 6.07) is 5.76. The van der Waals surface area contributed by atoms with E-state index in [-0.39, 0.29) is 31.1 Å². The molecule has 0 aliphatic carbocycles. The van der Waals surface area contributed by atoms with Gasteiger partial charge in [0.25, 0.3) is 5.91 Å². The standard InChI is InChI=1S/C20H17F3N4O4/c21-20(22,23)17-7-14(11-3-4-15-16(6-11)31-10-30-15)26-18-13(9-25-27(17)18)19(28)24-8-12-2-1-5-29-12/h1-6,9,14,17,26H,7-8,10H2,(H,24,28). The van der Waals surface area contributed by atoms with Crippen molar-refractivity contribution < 1.29 is 31.9 Å². The zero-order valence-electron chi connectivity index (χ0n) is 16.0. The summed E-state index contributed by atoms with van der Waals surface area (Å²) in [5.41, 5.74) is 0.610. The highest BCUT2D eigenvalue weighted by atomic mass is 19.4. The summed E-state index contributed by atoms with van der Waals surface area (Å²) in [7, 11) is 0. The topological polar surface area (TPSA) is 90.6 Å². The molecular weight excluding hydrogens is 417 g/mol. The number of aromatic nitrogens is 2. The number of ether oxygens (including phenoxy) is 2. The van der Waals surface area contributed by atoms with E-state index >= 15 is 0 Å². The molecule has 3 aromatic rings. The Morgan fingerprint density at radius 3 is 2.87 bits per heavy atom. The van der Waals surface area contributed by atoms with E-state index in [0.717, 1.165) is 10.9 Å². The minimum atomic E-state index is -4.54. The van der Waals surface area contributed by atoms with Crippen molar-refractivity contribution in [3.05, 3.63) is 59.7 Å². The van der Waals surface area contributed by atoms with E-state index in [1.54, 1.807) is 30.3 Å². The smallest absolute Gasteiger partial charge is 0.410 e. The molecular formula is C20H17F3N4O4. The zero-order valence-corrected chi connectivity index (χ0v) is 16.0. The second-order valence-corrected chi connectivity index (χ2v) is 7.22. The fourth-order valence-corrected chi connectivity index (χ4v) is 3.75. The third-order valence-corrected chi connectivity index (χ3v) is 5.29. The van der Waals surface area contributed by atoms with Crippen molar-refractivity contribution in [3.63, 3.8) is 0 Å². The first-order valence-corrected chi connectivity index (χ1v) is 9.51. The number of hydrogen-bond donors (Lipinski definition) is 2. The number of rotatable bonds is 4. The lowest BCUT2D eigenvalue weighted by Crippen LogP contribution is -2.36. The van der Waals surface area contributed by atoms with Gasteiger partial charge in [0.1, 0.15) is 17.1 Å². The molecule has 1 aromatic carbocycles. The monoisotopic (exact) mass is 434 g/mol. The Hall–Kier alpha value is -3.63. The maximum atomic E-state index is 13.8. The average molecular weight is 434 g/mol. The highest BCUT2D eigenvalue weighted by Gasteiger charge is 2.47. The number of alkyl halides is 3. The van der Waals surface area contributed by atoms with Crippen molar-refractivity contribution in [2.75, 3.05) is 12.1 Å². The summed E-state index contributed by atoms with van der Waals surface area (Å²) in [5.74, 6) is 0.979. The summed E-state index contributed by atoms with van der Waals surface area (Å²) in [6.45, 7) is 0.166. The molecule has 2 aliphatic heterocycles. The van der Waals surface area contributed by atoms with Gasteiger partial charge in [-0.2, -0.15) is 18.3 Å². The summed E-state index contributed by atoms with van der Waals surface area (Å²) in [5, 5.41) is 9.55. The number of anilines is 1. The van der Waals surface area contributed by atoms with Crippen LogP contribution in [0.25, 0.3) is 0 Å². The molecule has 2 atom stereocenters. The molecule has 2 N–H and O–H groups in total. The summed E-state index contributed by atoms with van der Waals surface area (Å²) < 4.78 is 58.1. The van der Waals surface area contributed by atoms with E-state index in [2.05, 4.69) is 15.7 Å². The summed E-state index contributed by atoms with van der Waals surface area (Å²) in [4.78, 5) is 12.7. The molecule has 162 valence electrons. The Morgan fingerprint density at radius 1 is 1.26 bits per heavy atom. The zero-order chi connectivity index (χ0) is 21.6. The summed E-state index contributed by atoms with van der Waals surface area (Å²) in [6.07, 6.45) is -2.22. The Bertz CT molecular complexity index is 1110. The molecule has 0 radical (unpaired) electrons. The number of carbonyl (C=O) groups excluding carboxylic acids is 1. The van der Waals surface area contributed by atoms with Gasteiger partial charge in [0.2, 0.25) is 6.79 Å². The van der Waals surface area contributed by atoms with E-state index in [4.69, 9.17) is 13.9 Å². The molecule has 2 unspecified atom stereocenters. The third kappa shape index (κ3) is 3.56. The molecule has 8 nitrogen and oxygen atoms in total. The van der Waals surface area contributed by atoms with Crippen LogP contribution in [0.2, 0.25) is 0 Å². The van der Waals surface area contributed by atoms with Crippen LogP contribution in [0.3, 0.4) is 0 Å². The number of fused-ring (bicyclic) bond motifs is 2. The van der Waals surface area contributed by atoms with Gasteiger partial charge in [-0.1, -0.05) is 6.07 Å². The maximum Gasteiger partial charge on any atom is 0.410 e. The molecule has 5 rings (SSSR count). The van der Waals surface area contributed by atoms with Gasteiger partial charge in [0.05, 0.1) is 25.0 Å². The van der Waals surface area contributed by atoms with E-state index in [1.807, 2.05) is 0 Å².